The SMILES string of the molecule is CN1C(=O)[C@@H](C(C)(C)[C@H]2SC(=S)N(C)C2=O)SC1=S. The van der Waals surface area contributed by atoms with Crippen LogP contribution >= 0.6 is 48.0 Å². The van der Waals surface area contributed by atoms with Crippen molar-refractivity contribution in [3.05, 3.63) is 0 Å². The van der Waals surface area contributed by atoms with Crippen LogP contribution in [0.25, 0.3) is 0 Å². The first kappa shape index (κ1) is 15.2. The van der Waals surface area contributed by atoms with Gasteiger partial charge in [-0.15, -0.1) is 0 Å². The normalized spacial score (nSPS) is 28.8. The fourth-order valence-electron chi connectivity index (χ4n) is 2.07. The summed E-state index contributed by atoms with van der Waals surface area (Å²) in [5, 5.41) is -0.665. The van der Waals surface area contributed by atoms with Crippen molar-refractivity contribution in [1.29, 1.82) is 0 Å². The zero-order chi connectivity index (χ0) is 14.5. The third kappa shape index (κ3) is 2.32. The van der Waals surface area contributed by atoms with E-state index in [-0.39, 0.29) is 22.3 Å². The van der Waals surface area contributed by atoms with E-state index in [1.165, 1.54) is 33.3 Å². The Bertz CT molecular complexity index is 449. The van der Waals surface area contributed by atoms with Gasteiger partial charge in [-0.05, 0) is 0 Å². The zero-order valence-corrected chi connectivity index (χ0v) is 14.3. The molecule has 2 atom stereocenters. The maximum absolute atomic E-state index is 12.2. The van der Waals surface area contributed by atoms with Crippen molar-refractivity contribution >= 4 is 68.4 Å². The quantitative estimate of drug-likeness (QED) is 0.717. The Balaban J connectivity index is 2.29. The van der Waals surface area contributed by atoms with Crippen LogP contribution in [-0.2, 0) is 9.59 Å². The van der Waals surface area contributed by atoms with Gasteiger partial charge in [-0.3, -0.25) is 19.4 Å². The number of carbonyl (C=O) groups is 2. The summed E-state index contributed by atoms with van der Waals surface area (Å²) in [6.07, 6.45) is 0. The van der Waals surface area contributed by atoms with Crippen LogP contribution in [-0.4, -0.2) is 54.9 Å². The van der Waals surface area contributed by atoms with E-state index >= 15 is 0 Å². The Morgan fingerprint density at radius 3 is 1.47 bits per heavy atom. The number of hydrogen-bond donors (Lipinski definition) is 0. The van der Waals surface area contributed by atoms with Crippen LogP contribution in [0, 0.1) is 5.41 Å². The fourth-order valence-corrected chi connectivity index (χ4v) is 5.21. The molecule has 2 heterocycles. The number of thioether (sulfide) groups is 2. The summed E-state index contributed by atoms with van der Waals surface area (Å²) in [4.78, 5) is 27.4. The second-order valence-electron chi connectivity index (χ2n) is 5.14. The highest BCUT2D eigenvalue weighted by Gasteiger charge is 2.54. The van der Waals surface area contributed by atoms with Gasteiger partial charge in [0.1, 0.15) is 8.64 Å². The van der Waals surface area contributed by atoms with Gasteiger partial charge in [0, 0.05) is 19.5 Å². The number of nitrogens with zero attached hydrogens (tertiary/aromatic N) is 2. The standard InChI is InChI=1S/C11H14N2O2S4/c1-11(2,5-7(14)12(3)9(16)18-5)6-8(15)13(4)10(17)19-6/h5-6H,1-4H3/t5-,6-/m0/s1. The molecule has 0 aliphatic carbocycles. The van der Waals surface area contributed by atoms with Gasteiger partial charge in [-0.25, -0.2) is 0 Å². The molecule has 0 radical (unpaired) electrons. The van der Waals surface area contributed by atoms with E-state index in [0.717, 1.165) is 0 Å². The van der Waals surface area contributed by atoms with Gasteiger partial charge in [-0.1, -0.05) is 61.8 Å². The molecular weight excluding hydrogens is 320 g/mol. The Labute approximate surface area is 131 Å². The molecule has 0 N–H and O–H groups in total. The molecule has 0 saturated carbocycles. The molecule has 2 fully saturated rings. The van der Waals surface area contributed by atoms with Crippen molar-refractivity contribution < 1.29 is 9.59 Å². The van der Waals surface area contributed by atoms with Crippen LogP contribution in [0.5, 0.6) is 0 Å². The Kier molecular flexibility index (Phi) is 3.99. The van der Waals surface area contributed by atoms with E-state index in [4.69, 9.17) is 24.4 Å². The van der Waals surface area contributed by atoms with Crippen molar-refractivity contribution in [2.75, 3.05) is 14.1 Å². The Morgan fingerprint density at radius 2 is 1.26 bits per heavy atom. The molecule has 2 rings (SSSR count). The topological polar surface area (TPSA) is 40.6 Å². The first-order valence-electron chi connectivity index (χ1n) is 5.64. The summed E-state index contributed by atoms with van der Waals surface area (Å²) in [6, 6.07) is 0. The monoisotopic (exact) mass is 334 g/mol. The van der Waals surface area contributed by atoms with Crippen LogP contribution in [0.1, 0.15) is 13.8 Å². The van der Waals surface area contributed by atoms with Crippen molar-refractivity contribution in [3.8, 4) is 0 Å². The van der Waals surface area contributed by atoms with Crippen LogP contribution in [0.2, 0.25) is 0 Å². The highest BCUT2D eigenvalue weighted by Crippen LogP contribution is 2.47. The smallest absolute Gasteiger partial charge is 0.241 e. The Hall–Kier alpha value is -0.180. The molecule has 2 aliphatic rings. The van der Waals surface area contributed by atoms with Crippen molar-refractivity contribution in [1.82, 2.24) is 9.80 Å². The lowest BCUT2D eigenvalue weighted by molar-refractivity contribution is -0.129. The lowest BCUT2D eigenvalue weighted by Crippen LogP contribution is -2.45. The van der Waals surface area contributed by atoms with Gasteiger partial charge in [-0.2, -0.15) is 0 Å². The minimum atomic E-state index is -0.507. The summed E-state index contributed by atoms with van der Waals surface area (Å²) in [7, 11) is 3.35. The van der Waals surface area contributed by atoms with E-state index in [1.54, 1.807) is 14.1 Å². The highest BCUT2D eigenvalue weighted by molar-refractivity contribution is 8.25. The molecule has 2 saturated heterocycles. The first-order valence-corrected chi connectivity index (χ1v) is 8.22. The van der Waals surface area contributed by atoms with E-state index in [1.807, 2.05) is 13.8 Å². The molecule has 0 spiro atoms. The second kappa shape index (κ2) is 4.98. The summed E-state index contributed by atoms with van der Waals surface area (Å²) < 4.78 is 1.13. The van der Waals surface area contributed by atoms with Crippen molar-refractivity contribution in [2.45, 2.75) is 24.3 Å². The van der Waals surface area contributed by atoms with Gasteiger partial charge in [0.05, 0.1) is 10.5 Å². The predicted octanol–water partition coefficient (Wildman–Crippen LogP) is 1.73. The zero-order valence-electron chi connectivity index (χ0n) is 11.0. The van der Waals surface area contributed by atoms with Gasteiger partial charge in [0.2, 0.25) is 11.8 Å². The molecule has 2 amide bonds. The van der Waals surface area contributed by atoms with E-state index in [0.29, 0.717) is 8.64 Å². The van der Waals surface area contributed by atoms with Gasteiger partial charge in [0.15, 0.2) is 0 Å². The molecular formula is C11H14N2O2S4. The van der Waals surface area contributed by atoms with Crippen molar-refractivity contribution in [2.24, 2.45) is 5.41 Å². The molecule has 104 valence electrons. The number of thiocarbonyl (C=S) groups is 2. The number of carbonyl (C=O) groups excluding carboxylic acids is 2. The van der Waals surface area contributed by atoms with Gasteiger partial charge in [0.25, 0.3) is 0 Å². The molecule has 0 aromatic rings. The minimum absolute atomic E-state index is 0.0335. The lowest BCUT2D eigenvalue weighted by Gasteiger charge is -2.32. The van der Waals surface area contributed by atoms with Crippen LogP contribution < -0.4 is 0 Å². The molecule has 2 aliphatic heterocycles. The third-order valence-electron chi connectivity index (χ3n) is 3.45. The van der Waals surface area contributed by atoms with Crippen LogP contribution in [0.4, 0.5) is 0 Å². The van der Waals surface area contributed by atoms with E-state index in [9.17, 15) is 9.59 Å². The largest absolute Gasteiger partial charge is 0.300 e. The number of hydrogen-bond acceptors (Lipinski definition) is 6. The highest BCUT2D eigenvalue weighted by atomic mass is 32.2. The van der Waals surface area contributed by atoms with Gasteiger partial charge >= 0.3 is 0 Å². The molecule has 0 bridgehead atoms. The lowest BCUT2D eigenvalue weighted by atomic mass is 9.83. The first-order chi connectivity index (χ1) is 8.67. The van der Waals surface area contributed by atoms with Crippen molar-refractivity contribution in [3.63, 3.8) is 0 Å². The summed E-state index contributed by atoms with van der Waals surface area (Å²) in [6.45, 7) is 3.86. The van der Waals surface area contributed by atoms with Crippen LogP contribution in [0.15, 0.2) is 0 Å². The van der Waals surface area contributed by atoms with E-state index < -0.39 is 5.41 Å². The summed E-state index contributed by atoms with van der Waals surface area (Å²) in [5.41, 5.74) is -0.507. The fraction of sp³-hybridized carbons (Fsp3) is 0.636. The molecule has 0 aromatic carbocycles. The molecule has 0 aromatic heterocycles. The molecule has 4 nitrogen and oxygen atoms in total. The van der Waals surface area contributed by atoms with E-state index in [2.05, 4.69) is 0 Å². The maximum atomic E-state index is 12.2. The average Bonchev–Trinajstić information content (AvgIpc) is 2.75. The maximum Gasteiger partial charge on any atom is 0.241 e. The molecule has 8 heteroatoms. The predicted molar refractivity (Wildman–Crippen MR) is 87.3 cm³/mol. The summed E-state index contributed by atoms with van der Waals surface area (Å²) >= 11 is 13.0. The Morgan fingerprint density at radius 1 is 0.947 bits per heavy atom. The average molecular weight is 335 g/mol. The number of rotatable bonds is 2. The second-order valence-corrected chi connectivity index (χ2v) is 8.62. The summed E-state index contributed by atoms with van der Waals surface area (Å²) in [5.74, 6) is -0.0669. The van der Waals surface area contributed by atoms with Gasteiger partial charge < -0.3 is 0 Å². The molecule has 19 heavy (non-hydrogen) atoms. The van der Waals surface area contributed by atoms with Crippen LogP contribution in [0.3, 0.4) is 0 Å². The number of amides is 2. The molecule has 0 unspecified atom stereocenters. The minimum Gasteiger partial charge on any atom is -0.300 e. The third-order valence-corrected chi connectivity index (χ3v) is 7.61.